The molecule has 0 radical (unpaired) electrons. The monoisotopic (exact) mass is 437 g/mol. The van der Waals surface area contributed by atoms with Gasteiger partial charge in [-0.15, -0.1) is 0 Å². The molecule has 2 heterocycles. The van der Waals surface area contributed by atoms with Crippen LogP contribution in [0.3, 0.4) is 0 Å². The lowest BCUT2D eigenvalue weighted by molar-refractivity contribution is -0.138. The number of benzene rings is 1. The van der Waals surface area contributed by atoms with Crippen molar-refractivity contribution in [2.75, 3.05) is 26.6 Å². The second-order valence-electron chi connectivity index (χ2n) is 6.47. The molecular formula is C19H19NO5S3. The molecule has 0 saturated carbocycles. The molecule has 0 aliphatic carbocycles. The van der Waals surface area contributed by atoms with Crippen LogP contribution in [0, 0.1) is 0 Å². The number of nitrogens with one attached hydrogen (secondary N) is 1. The molecule has 0 bridgehead atoms. The van der Waals surface area contributed by atoms with Crippen LogP contribution < -0.4 is 10.1 Å². The van der Waals surface area contributed by atoms with Crippen molar-refractivity contribution < 1.29 is 23.8 Å². The van der Waals surface area contributed by atoms with Crippen LogP contribution in [0.5, 0.6) is 5.75 Å². The topological polar surface area (TPSA) is 73.9 Å². The second kappa shape index (κ2) is 7.81. The summed E-state index contributed by atoms with van der Waals surface area (Å²) in [4.78, 5) is 25.5. The number of fused-ring (bicyclic) bond motifs is 1. The van der Waals surface area contributed by atoms with Crippen LogP contribution >= 0.6 is 35.7 Å². The molecule has 1 aromatic rings. The normalized spacial score (nSPS) is 17.8. The van der Waals surface area contributed by atoms with Crippen LogP contribution in [-0.4, -0.2) is 43.7 Å². The maximum atomic E-state index is 12.2. The van der Waals surface area contributed by atoms with Crippen molar-refractivity contribution >= 4 is 63.8 Å². The highest BCUT2D eigenvalue weighted by atomic mass is 32.2. The Bertz CT molecular complexity index is 919. The van der Waals surface area contributed by atoms with Crippen LogP contribution in [0.1, 0.15) is 19.4 Å². The quantitative estimate of drug-likeness (QED) is 0.429. The van der Waals surface area contributed by atoms with Crippen molar-refractivity contribution in [3.8, 4) is 5.75 Å². The van der Waals surface area contributed by atoms with Gasteiger partial charge in [-0.05, 0) is 19.9 Å². The van der Waals surface area contributed by atoms with Gasteiger partial charge in [0.1, 0.15) is 15.6 Å². The molecule has 2 aliphatic rings. The average molecular weight is 438 g/mol. The van der Waals surface area contributed by atoms with Crippen molar-refractivity contribution in [1.82, 2.24) is 0 Å². The second-order valence-corrected chi connectivity index (χ2v) is 9.18. The van der Waals surface area contributed by atoms with E-state index in [0.717, 1.165) is 21.1 Å². The maximum absolute atomic E-state index is 12.2. The lowest BCUT2D eigenvalue weighted by Gasteiger charge is -2.37. The van der Waals surface area contributed by atoms with Crippen molar-refractivity contribution in [1.29, 1.82) is 0 Å². The van der Waals surface area contributed by atoms with E-state index in [2.05, 4.69) is 5.32 Å². The van der Waals surface area contributed by atoms with Gasteiger partial charge in [0.25, 0.3) is 0 Å². The third kappa shape index (κ3) is 3.42. The van der Waals surface area contributed by atoms with Crippen molar-refractivity contribution in [3.05, 3.63) is 37.8 Å². The van der Waals surface area contributed by atoms with Crippen molar-refractivity contribution in [2.45, 2.75) is 19.4 Å². The number of thioether (sulfide) groups is 2. The number of anilines is 1. The molecule has 28 heavy (non-hydrogen) atoms. The third-order valence-corrected chi connectivity index (χ3v) is 7.56. The van der Waals surface area contributed by atoms with E-state index in [-0.39, 0.29) is 9.81 Å². The summed E-state index contributed by atoms with van der Waals surface area (Å²) in [6.07, 6.45) is 0. The van der Waals surface area contributed by atoms with E-state index in [9.17, 15) is 9.59 Å². The zero-order valence-corrected chi connectivity index (χ0v) is 18.4. The highest BCUT2D eigenvalue weighted by molar-refractivity contribution is 8.29. The van der Waals surface area contributed by atoms with Crippen LogP contribution in [0.4, 0.5) is 5.69 Å². The Morgan fingerprint density at radius 1 is 1.04 bits per heavy atom. The molecule has 1 aromatic carbocycles. The number of para-hydroxylation sites is 1. The van der Waals surface area contributed by atoms with Gasteiger partial charge < -0.3 is 19.5 Å². The molecule has 0 spiro atoms. The Morgan fingerprint density at radius 2 is 1.61 bits per heavy atom. The lowest BCUT2D eigenvalue weighted by atomic mass is 9.85. The van der Waals surface area contributed by atoms with E-state index < -0.39 is 17.5 Å². The number of hydrogen-bond acceptors (Lipinski definition) is 9. The van der Waals surface area contributed by atoms with Crippen LogP contribution in [-0.2, 0) is 19.1 Å². The van der Waals surface area contributed by atoms with Gasteiger partial charge >= 0.3 is 11.9 Å². The fourth-order valence-corrected chi connectivity index (χ4v) is 5.89. The number of thiocarbonyl (C=S) groups is 1. The van der Waals surface area contributed by atoms with Crippen molar-refractivity contribution in [3.63, 3.8) is 0 Å². The predicted molar refractivity (Wildman–Crippen MR) is 116 cm³/mol. The third-order valence-electron chi connectivity index (χ3n) is 4.29. The number of ether oxygens (including phenoxy) is 3. The molecule has 0 amide bonds. The fraction of sp³-hybridized carbons (Fsp3) is 0.316. The molecule has 0 atom stereocenters. The molecule has 0 fully saturated rings. The summed E-state index contributed by atoms with van der Waals surface area (Å²) < 4.78 is 15.9. The Hall–Kier alpha value is -1.97. The summed E-state index contributed by atoms with van der Waals surface area (Å²) in [6, 6.07) is 5.68. The predicted octanol–water partition coefficient (Wildman–Crippen LogP) is 3.98. The first kappa shape index (κ1) is 20.8. The van der Waals surface area contributed by atoms with Crippen molar-refractivity contribution in [2.24, 2.45) is 0 Å². The number of hydrogen-bond donors (Lipinski definition) is 1. The van der Waals surface area contributed by atoms with Gasteiger partial charge in [0, 0.05) is 16.0 Å². The average Bonchev–Trinajstić information content (AvgIpc) is 3.12. The Morgan fingerprint density at radius 3 is 2.11 bits per heavy atom. The van der Waals surface area contributed by atoms with Gasteiger partial charge in [-0.1, -0.05) is 47.9 Å². The molecule has 2 aliphatic heterocycles. The highest BCUT2D eigenvalue weighted by Gasteiger charge is 2.40. The lowest BCUT2D eigenvalue weighted by Crippen LogP contribution is -2.43. The summed E-state index contributed by atoms with van der Waals surface area (Å²) in [5, 5.41) is 3.43. The maximum Gasteiger partial charge on any atom is 0.346 e. The molecule has 0 unspecified atom stereocenters. The molecule has 6 nitrogen and oxygen atoms in total. The smallest absolute Gasteiger partial charge is 0.346 e. The summed E-state index contributed by atoms with van der Waals surface area (Å²) >= 11 is 8.13. The first-order chi connectivity index (χ1) is 13.2. The Balaban J connectivity index is 2.20. The van der Waals surface area contributed by atoms with E-state index >= 15 is 0 Å². The first-order valence-corrected chi connectivity index (χ1v) is 10.3. The van der Waals surface area contributed by atoms with Crippen LogP contribution in [0.15, 0.2) is 32.2 Å². The molecule has 148 valence electrons. The van der Waals surface area contributed by atoms with Gasteiger partial charge in [0.05, 0.1) is 36.8 Å². The largest absolute Gasteiger partial charge is 0.495 e. The van der Waals surface area contributed by atoms with E-state index in [0.29, 0.717) is 10.6 Å². The van der Waals surface area contributed by atoms with Crippen LogP contribution in [0.25, 0.3) is 5.57 Å². The molecule has 0 aromatic heterocycles. The Labute approximate surface area is 177 Å². The number of rotatable bonds is 3. The summed E-state index contributed by atoms with van der Waals surface area (Å²) in [7, 11) is 4.16. The van der Waals surface area contributed by atoms with Gasteiger partial charge in [0.2, 0.25) is 0 Å². The van der Waals surface area contributed by atoms with E-state index in [4.69, 9.17) is 26.4 Å². The van der Waals surface area contributed by atoms with Gasteiger partial charge in [0.15, 0.2) is 0 Å². The number of carbonyl (C=O) groups excluding carboxylic acids is 2. The zero-order chi connectivity index (χ0) is 20.6. The fourth-order valence-electron chi connectivity index (χ4n) is 2.90. The number of carbonyl (C=O) groups is 2. The van der Waals surface area contributed by atoms with Gasteiger partial charge in [-0.25, -0.2) is 9.59 Å². The standard InChI is InChI=1S/C19H19NO5S3/c1-19(2)15(26)11(9-7-6-8-10(23-3)12(9)20-19)18-27-13(16(21)24-4)14(28-18)17(22)25-5/h6-8,20H,1-5H3. The molecule has 9 heteroatoms. The molecule has 0 saturated heterocycles. The Kier molecular flexibility index (Phi) is 5.79. The molecule has 1 N–H and O–H groups in total. The SMILES string of the molecule is COC(=O)C1=C(C(=O)OC)SC(=C2C(=S)C(C)(C)Nc3c(OC)cccc32)S1. The zero-order valence-electron chi connectivity index (χ0n) is 16.0. The van der Waals surface area contributed by atoms with Gasteiger partial charge in [-0.2, -0.15) is 0 Å². The highest BCUT2D eigenvalue weighted by Crippen LogP contribution is 2.55. The summed E-state index contributed by atoms with van der Waals surface area (Å²) in [6.45, 7) is 3.96. The van der Waals surface area contributed by atoms with Crippen LogP contribution in [0.2, 0.25) is 0 Å². The minimum atomic E-state index is -0.585. The first-order valence-electron chi connectivity index (χ1n) is 8.26. The minimum Gasteiger partial charge on any atom is -0.495 e. The molecule has 3 rings (SSSR count). The van der Waals surface area contributed by atoms with E-state index in [1.54, 1.807) is 7.11 Å². The number of methoxy groups -OCH3 is 3. The summed E-state index contributed by atoms with van der Waals surface area (Å²) in [5.41, 5.74) is 1.94. The summed E-state index contributed by atoms with van der Waals surface area (Å²) in [5.74, 6) is -0.481. The minimum absolute atomic E-state index is 0.199. The van der Waals surface area contributed by atoms with E-state index in [1.807, 2.05) is 32.0 Å². The number of esters is 2. The van der Waals surface area contributed by atoms with Gasteiger partial charge in [-0.3, -0.25) is 0 Å². The van der Waals surface area contributed by atoms with E-state index in [1.165, 1.54) is 37.7 Å². The molecular weight excluding hydrogens is 418 g/mol.